The first-order valence-corrected chi connectivity index (χ1v) is 8.84. The Morgan fingerprint density at radius 2 is 1.59 bits per heavy atom. The van der Waals surface area contributed by atoms with Crippen LogP contribution >= 0.6 is 0 Å². The van der Waals surface area contributed by atoms with Crippen LogP contribution in [0.5, 0.6) is 17.2 Å². The molecule has 3 aromatic rings. The van der Waals surface area contributed by atoms with Gasteiger partial charge in [-0.3, -0.25) is 0 Å². The molecule has 1 aliphatic rings. The first-order chi connectivity index (χ1) is 13.1. The zero-order valence-corrected chi connectivity index (χ0v) is 14.6. The Balaban J connectivity index is 1.80. The highest BCUT2D eigenvalue weighted by molar-refractivity contribution is 5.74. The highest BCUT2D eigenvalue weighted by Crippen LogP contribution is 2.44. The molecule has 0 amide bonds. The van der Waals surface area contributed by atoms with Crippen molar-refractivity contribution < 1.29 is 20.1 Å². The lowest BCUT2D eigenvalue weighted by Crippen LogP contribution is -2.26. The summed E-state index contributed by atoms with van der Waals surface area (Å²) < 4.78 is 5.60. The van der Waals surface area contributed by atoms with Gasteiger partial charge in [0.25, 0.3) is 0 Å². The monoisotopic (exact) mass is 360 g/mol. The smallest absolute Gasteiger partial charge is 0.198 e. The van der Waals surface area contributed by atoms with E-state index < -0.39 is 6.29 Å². The number of aliphatic hydroxyl groups is 1. The molecule has 27 heavy (non-hydrogen) atoms. The molecule has 0 radical (unpaired) electrons. The van der Waals surface area contributed by atoms with Crippen molar-refractivity contribution in [1.29, 1.82) is 0 Å². The van der Waals surface area contributed by atoms with Gasteiger partial charge in [0.1, 0.15) is 17.2 Å². The summed E-state index contributed by atoms with van der Waals surface area (Å²) in [6.07, 6.45) is 3.36. The van der Waals surface area contributed by atoms with E-state index >= 15 is 0 Å². The fraction of sp³-hybridized carbons (Fsp3) is 0.130. The van der Waals surface area contributed by atoms with Crippen LogP contribution in [0.4, 0.5) is 0 Å². The third kappa shape index (κ3) is 3.66. The first-order valence-electron chi connectivity index (χ1n) is 8.84. The van der Waals surface area contributed by atoms with Crippen LogP contribution < -0.4 is 4.74 Å². The summed E-state index contributed by atoms with van der Waals surface area (Å²) in [7, 11) is 0. The van der Waals surface area contributed by atoms with Gasteiger partial charge in [-0.1, -0.05) is 54.6 Å². The number of hydrogen-bond donors (Lipinski definition) is 3. The highest BCUT2D eigenvalue weighted by Gasteiger charge is 2.30. The molecule has 0 saturated heterocycles. The first kappa shape index (κ1) is 17.2. The number of hydrogen-bond acceptors (Lipinski definition) is 4. The van der Waals surface area contributed by atoms with E-state index in [2.05, 4.69) is 0 Å². The standard InChI is InChI=1S/C23H20O4/c24-18-10-7-15(8-11-18)6-9-17-12-19(25)13-21-23(17)20(14-22(26)27-21)16-4-2-1-3-5-16/h1-13,20,22,24-26H,14H2/b9-6+. The van der Waals surface area contributed by atoms with Gasteiger partial charge in [0.05, 0.1) is 0 Å². The van der Waals surface area contributed by atoms with E-state index in [1.165, 1.54) is 0 Å². The summed E-state index contributed by atoms with van der Waals surface area (Å²) in [6, 6.07) is 20.1. The van der Waals surface area contributed by atoms with Crippen LogP contribution in [0.25, 0.3) is 12.2 Å². The van der Waals surface area contributed by atoms with Crippen LogP contribution in [0, 0.1) is 0 Å². The second-order valence-corrected chi connectivity index (χ2v) is 6.64. The molecule has 0 aromatic heterocycles. The molecule has 4 nitrogen and oxygen atoms in total. The largest absolute Gasteiger partial charge is 0.508 e. The van der Waals surface area contributed by atoms with Gasteiger partial charge in [-0.15, -0.1) is 0 Å². The number of fused-ring (bicyclic) bond motifs is 1. The van der Waals surface area contributed by atoms with Crippen LogP contribution in [-0.4, -0.2) is 21.6 Å². The van der Waals surface area contributed by atoms with Crippen molar-refractivity contribution in [2.45, 2.75) is 18.6 Å². The second-order valence-electron chi connectivity index (χ2n) is 6.64. The molecule has 4 heteroatoms. The Hall–Kier alpha value is -3.24. The molecule has 1 aliphatic heterocycles. The molecule has 4 rings (SSSR count). The lowest BCUT2D eigenvalue weighted by atomic mass is 9.83. The van der Waals surface area contributed by atoms with Crippen molar-refractivity contribution in [3.8, 4) is 17.2 Å². The SMILES string of the molecule is Oc1ccc(/C=C/c2cc(O)cc3c2C(c2ccccc2)CC(O)O3)cc1. The van der Waals surface area contributed by atoms with Crippen LogP contribution in [-0.2, 0) is 0 Å². The van der Waals surface area contributed by atoms with Crippen LogP contribution in [0.15, 0.2) is 66.7 Å². The summed E-state index contributed by atoms with van der Waals surface area (Å²) in [5, 5.41) is 29.7. The van der Waals surface area contributed by atoms with Crippen molar-refractivity contribution in [2.24, 2.45) is 0 Å². The van der Waals surface area contributed by atoms with Crippen molar-refractivity contribution in [3.63, 3.8) is 0 Å². The molecule has 0 spiro atoms. The minimum absolute atomic E-state index is 0.0370. The zero-order chi connectivity index (χ0) is 18.8. The Kier molecular flexibility index (Phi) is 4.57. The maximum Gasteiger partial charge on any atom is 0.198 e. The summed E-state index contributed by atoms with van der Waals surface area (Å²) >= 11 is 0. The van der Waals surface area contributed by atoms with Gasteiger partial charge < -0.3 is 20.1 Å². The summed E-state index contributed by atoms with van der Waals surface area (Å²) in [6.45, 7) is 0. The van der Waals surface area contributed by atoms with E-state index in [9.17, 15) is 15.3 Å². The van der Waals surface area contributed by atoms with Gasteiger partial charge in [-0.05, 0) is 34.9 Å². The van der Waals surface area contributed by atoms with Crippen molar-refractivity contribution in [2.75, 3.05) is 0 Å². The zero-order valence-electron chi connectivity index (χ0n) is 14.6. The maximum absolute atomic E-state index is 10.2. The number of ether oxygens (including phenoxy) is 1. The second kappa shape index (κ2) is 7.17. The van der Waals surface area contributed by atoms with Crippen LogP contribution in [0.3, 0.4) is 0 Å². The number of phenolic OH excluding ortho intramolecular Hbond substituents is 2. The molecule has 0 fully saturated rings. The molecular weight excluding hydrogens is 340 g/mol. The van der Waals surface area contributed by atoms with E-state index in [-0.39, 0.29) is 17.4 Å². The predicted octanol–water partition coefficient (Wildman–Crippen LogP) is 4.50. The summed E-state index contributed by atoms with van der Waals surface area (Å²) in [5.74, 6) is 0.756. The topological polar surface area (TPSA) is 69.9 Å². The molecule has 3 aromatic carbocycles. The van der Waals surface area contributed by atoms with E-state index in [0.717, 1.165) is 22.3 Å². The highest BCUT2D eigenvalue weighted by atomic mass is 16.6. The molecule has 0 aliphatic carbocycles. The molecule has 2 unspecified atom stereocenters. The number of benzene rings is 3. The Morgan fingerprint density at radius 1 is 0.852 bits per heavy atom. The molecule has 2 atom stereocenters. The van der Waals surface area contributed by atoms with Gasteiger partial charge in [-0.2, -0.15) is 0 Å². The lowest BCUT2D eigenvalue weighted by Gasteiger charge is -2.31. The molecule has 1 heterocycles. The van der Waals surface area contributed by atoms with Crippen LogP contribution in [0.2, 0.25) is 0 Å². The van der Waals surface area contributed by atoms with Crippen molar-refractivity contribution >= 4 is 12.2 Å². The van der Waals surface area contributed by atoms with E-state index in [0.29, 0.717) is 12.2 Å². The van der Waals surface area contributed by atoms with Gasteiger partial charge in [0.2, 0.25) is 0 Å². The number of aliphatic hydroxyl groups excluding tert-OH is 1. The Morgan fingerprint density at radius 3 is 2.33 bits per heavy atom. The van der Waals surface area contributed by atoms with Crippen LogP contribution in [0.1, 0.15) is 34.6 Å². The number of phenols is 2. The van der Waals surface area contributed by atoms with Crippen molar-refractivity contribution in [3.05, 3.63) is 89.0 Å². The molecule has 136 valence electrons. The fourth-order valence-electron chi connectivity index (χ4n) is 3.52. The van der Waals surface area contributed by atoms with E-state index in [1.54, 1.807) is 24.3 Å². The average molecular weight is 360 g/mol. The summed E-state index contributed by atoms with van der Waals surface area (Å²) in [4.78, 5) is 0. The number of rotatable bonds is 3. The molecular formula is C23H20O4. The number of aromatic hydroxyl groups is 2. The quantitative estimate of drug-likeness (QED) is 0.602. The third-order valence-corrected chi connectivity index (χ3v) is 4.76. The molecule has 3 N–H and O–H groups in total. The lowest BCUT2D eigenvalue weighted by molar-refractivity contribution is -0.0360. The van der Waals surface area contributed by atoms with Gasteiger partial charge in [0, 0.05) is 24.0 Å². The fourth-order valence-corrected chi connectivity index (χ4v) is 3.52. The maximum atomic E-state index is 10.2. The normalized spacial score (nSPS) is 18.9. The minimum atomic E-state index is -0.918. The van der Waals surface area contributed by atoms with Crippen molar-refractivity contribution in [1.82, 2.24) is 0 Å². The molecule has 0 bridgehead atoms. The average Bonchev–Trinajstić information content (AvgIpc) is 2.67. The third-order valence-electron chi connectivity index (χ3n) is 4.76. The van der Waals surface area contributed by atoms with E-state index in [4.69, 9.17) is 4.74 Å². The Bertz CT molecular complexity index is 962. The summed E-state index contributed by atoms with van der Waals surface area (Å²) in [5.41, 5.74) is 3.79. The van der Waals surface area contributed by atoms with Gasteiger partial charge in [0.15, 0.2) is 6.29 Å². The minimum Gasteiger partial charge on any atom is -0.508 e. The molecule has 0 saturated carbocycles. The predicted molar refractivity (Wildman–Crippen MR) is 105 cm³/mol. The van der Waals surface area contributed by atoms with Gasteiger partial charge in [-0.25, -0.2) is 0 Å². The Labute approximate surface area is 157 Å². The van der Waals surface area contributed by atoms with Gasteiger partial charge >= 0.3 is 0 Å². The van der Waals surface area contributed by atoms with E-state index in [1.807, 2.05) is 54.6 Å².